The first-order valence-corrected chi connectivity index (χ1v) is 10.2. The van der Waals surface area contributed by atoms with Crippen molar-refractivity contribution < 1.29 is 0 Å². The summed E-state index contributed by atoms with van der Waals surface area (Å²) in [4.78, 5) is 17.9. The van der Waals surface area contributed by atoms with Crippen LogP contribution in [0, 0.1) is 5.92 Å². The van der Waals surface area contributed by atoms with Gasteiger partial charge in [0.25, 0.3) is 0 Å². The third-order valence-electron chi connectivity index (χ3n) is 5.18. The lowest BCUT2D eigenvalue weighted by molar-refractivity contribution is 0.395. The smallest absolute Gasteiger partial charge is 0.225 e. The number of aromatic nitrogens is 2. The molecule has 0 aromatic carbocycles. The van der Waals surface area contributed by atoms with Crippen LogP contribution in [0.1, 0.15) is 29.3 Å². The van der Waals surface area contributed by atoms with Gasteiger partial charge in [-0.2, -0.15) is 0 Å². The van der Waals surface area contributed by atoms with Gasteiger partial charge in [0.15, 0.2) is 5.17 Å². The molecule has 1 saturated carbocycles. The van der Waals surface area contributed by atoms with Crippen molar-refractivity contribution in [1.82, 2.24) is 9.97 Å². The summed E-state index contributed by atoms with van der Waals surface area (Å²) in [7, 11) is 0. The summed E-state index contributed by atoms with van der Waals surface area (Å²) >= 11 is 3.45. The lowest BCUT2D eigenvalue weighted by Crippen LogP contribution is -2.39. The van der Waals surface area contributed by atoms with E-state index in [9.17, 15) is 0 Å². The van der Waals surface area contributed by atoms with Gasteiger partial charge in [-0.05, 0) is 30.4 Å². The Morgan fingerprint density at radius 2 is 2.21 bits per heavy atom. The fourth-order valence-electron chi connectivity index (χ4n) is 3.77. The number of anilines is 1. The Bertz CT molecular complexity index is 786. The van der Waals surface area contributed by atoms with Gasteiger partial charge in [-0.15, -0.1) is 11.3 Å². The molecule has 2 atom stereocenters. The van der Waals surface area contributed by atoms with Crippen LogP contribution in [0.15, 0.2) is 34.8 Å². The second kappa shape index (κ2) is 5.46. The van der Waals surface area contributed by atoms with E-state index in [0.29, 0.717) is 17.0 Å². The highest BCUT2D eigenvalue weighted by molar-refractivity contribution is 8.13. The van der Waals surface area contributed by atoms with Crippen molar-refractivity contribution in [2.45, 2.75) is 24.3 Å². The Morgan fingerprint density at radius 1 is 1.29 bits per heavy atom. The van der Waals surface area contributed by atoms with Gasteiger partial charge in [0.1, 0.15) is 5.54 Å². The quantitative estimate of drug-likeness (QED) is 0.915. The minimum Gasteiger partial charge on any atom is -0.379 e. The number of thioether (sulfide) groups is 1. The largest absolute Gasteiger partial charge is 0.379 e. The van der Waals surface area contributed by atoms with E-state index in [1.807, 2.05) is 6.20 Å². The third-order valence-corrected chi connectivity index (χ3v) is 7.17. The lowest BCUT2D eigenvalue weighted by Gasteiger charge is -2.33. The molecule has 0 radical (unpaired) electrons. The minimum absolute atomic E-state index is 0.234. The van der Waals surface area contributed by atoms with Crippen molar-refractivity contribution in [2.24, 2.45) is 16.6 Å². The molecule has 124 valence electrons. The molecule has 4 heterocycles. The van der Waals surface area contributed by atoms with Crippen LogP contribution >= 0.6 is 23.1 Å². The van der Waals surface area contributed by atoms with Gasteiger partial charge in [-0.3, -0.25) is 0 Å². The molecule has 0 amide bonds. The molecule has 2 fully saturated rings. The molecule has 0 unspecified atom stereocenters. The molecule has 5 nitrogen and oxygen atoms in total. The number of rotatable bonds is 3. The Hall–Kier alpha value is -1.60. The maximum Gasteiger partial charge on any atom is 0.225 e. The van der Waals surface area contributed by atoms with Crippen molar-refractivity contribution >= 4 is 34.2 Å². The monoisotopic (exact) mass is 357 g/mol. The Morgan fingerprint density at radius 3 is 3.00 bits per heavy atom. The van der Waals surface area contributed by atoms with E-state index in [0.717, 1.165) is 24.8 Å². The fourth-order valence-corrected chi connectivity index (χ4v) is 5.69. The van der Waals surface area contributed by atoms with E-state index in [4.69, 9.17) is 15.7 Å². The van der Waals surface area contributed by atoms with Crippen LogP contribution in [0.25, 0.3) is 0 Å². The average Bonchev–Trinajstić information content (AvgIpc) is 3.15. The predicted molar refractivity (Wildman–Crippen MR) is 99.8 cm³/mol. The number of hydrogen-bond acceptors (Lipinski definition) is 7. The molecular formula is C17H19N5S2. The van der Waals surface area contributed by atoms with Crippen LogP contribution < -0.4 is 10.6 Å². The molecule has 0 bridgehead atoms. The standard InChI is InChI=1S/C17H19N5S2/c18-15-21-17(14-2-1-7-23-14)10-22(8-12(17)9-24-15)16-19-6-5-13(20-16)11-3-4-11/h1-2,5-7,11-12H,3-4,8-10H2,(H2,18,21)/t12-,17-/m0/s1. The summed E-state index contributed by atoms with van der Waals surface area (Å²) in [5, 5.41) is 2.83. The van der Waals surface area contributed by atoms with Crippen LogP contribution in [0.4, 0.5) is 5.95 Å². The SMILES string of the molecule is NC1=N[C@@]2(c3cccs3)CN(c3nccc(C4CC4)n3)C[C@H]2CS1. The summed E-state index contributed by atoms with van der Waals surface area (Å²) in [6, 6.07) is 6.35. The van der Waals surface area contributed by atoms with E-state index < -0.39 is 0 Å². The number of hydrogen-bond donors (Lipinski definition) is 1. The second-order valence-corrected chi connectivity index (χ2v) is 8.78. The fraction of sp³-hybridized carbons (Fsp3) is 0.471. The normalized spacial score (nSPS) is 29.4. The lowest BCUT2D eigenvalue weighted by atomic mass is 9.87. The molecule has 5 rings (SSSR count). The van der Waals surface area contributed by atoms with Crippen LogP contribution in [0.3, 0.4) is 0 Å². The molecule has 7 heteroatoms. The predicted octanol–water partition coefficient (Wildman–Crippen LogP) is 2.81. The van der Waals surface area contributed by atoms with Gasteiger partial charge in [-0.25, -0.2) is 15.0 Å². The molecule has 1 saturated heterocycles. The van der Waals surface area contributed by atoms with Gasteiger partial charge < -0.3 is 10.6 Å². The van der Waals surface area contributed by atoms with E-state index in [1.165, 1.54) is 23.4 Å². The van der Waals surface area contributed by atoms with Crippen LogP contribution in [-0.2, 0) is 5.54 Å². The molecule has 0 spiro atoms. The summed E-state index contributed by atoms with van der Waals surface area (Å²) in [6.45, 7) is 1.75. The molecule has 3 aliphatic rings. The zero-order valence-corrected chi connectivity index (χ0v) is 14.9. The number of fused-ring (bicyclic) bond motifs is 1. The van der Waals surface area contributed by atoms with Crippen LogP contribution in [-0.4, -0.2) is 34.0 Å². The number of thiophene rings is 1. The van der Waals surface area contributed by atoms with Gasteiger partial charge in [0.2, 0.25) is 5.95 Å². The molecule has 2 aromatic rings. The first kappa shape index (κ1) is 14.7. The summed E-state index contributed by atoms with van der Waals surface area (Å²) in [5.41, 5.74) is 7.06. The topological polar surface area (TPSA) is 67.4 Å². The van der Waals surface area contributed by atoms with Crippen LogP contribution in [0.2, 0.25) is 0 Å². The first-order chi connectivity index (χ1) is 11.7. The van der Waals surface area contributed by atoms with Gasteiger partial charge >= 0.3 is 0 Å². The Balaban J connectivity index is 1.52. The van der Waals surface area contributed by atoms with Crippen molar-refractivity contribution in [2.75, 3.05) is 23.7 Å². The molecule has 2 N–H and O–H groups in total. The maximum atomic E-state index is 6.11. The number of aliphatic imine (C=N–C) groups is 1. The second-order valence-electron chi connectivity index (χ2n) is 6.80. The molecule has 24 heavy (non-hydrogen) atoms. The third kappa shape index (κ3) is 2.33. The van der Waals surface area contributed by atoms with Crippen molar-refractivity contribution in [1.29, 1.82) is 0 Å². The van der Waals surface area contributed by atoms with E-state index >= 15 is 0 Å². The Kier molecular flexibility index (Phi) is 3.35. The number of amidine groups is 1. The van der Waals surface area contributed by atoms with E-state index in [-0.39, 0.29) is 5.54 Å². The highest BCUT2D eigenvalue weighted by atomic mass is 32.2. The van der Waals surface area contributed by atoms with Gasteiger partial charge in [0.05, 0.1) is 6.54 Å². The first-order valence-electron chi connectivity index (χ1n) is 8.34. The molecule has 2 aromatic heterocycles. The number of nitrogens with zero attached hydrogens (tertiary/aromatic N) is 4. The minimum atomic E-state index is -0.234. The van der Waals surface area contributed by atoms with Gasteiger partial charge in [-0.1, -0.05) is 17.8 Å². The van der Waals surface area contributed by atoms with E-state index in [2.05, 4.69) is 33.5 Å². The van der Waals surface area contributed by atoms with E-state index in [1.54, 1.807) is 23.1 Å². The molecule has 2 aliphatic heterocycles. The van der Waals surface area contributed by atoms with Crippen molar-refractivity contribution in [3.63, 3.8) is 0 Å². The highest BCUT2D eigenvalue weighted by Crippen LogP contribution is 2.47. The summed E-state index contributed by atoms with van der Waals surface area (Å²) < 4.78 is 0. The van der Waals surface area contributed by atoms with Crippen LogP contribution in [0.5, 0.6) is 0 Å². The molecule has 1 aliphatic carbocycles. The highest BCUT2D eigenvalue weighted by Gasteiger charge is 2.51. The maximum absolute atomic E-state index is 6.11. The zero-order valence-electron chi connectivity index (χ0n) is 13.3. The zero-order chi connectivity index (χ0) is 16.1. The number of nitrogens with two attached hydrogens (primary N) is 1. The van der Waals surface area contributed by atoms with Crippen molar-refractivity contribution in [3.05, 3.63) is 40.3 Å². The summed E-state index contributed by atoms with van der Waals surface area (Å²) in [6.07, 6.45) is 4.42. The van der Waals surface area contributed by atoms with Gasteiger partial charge in [0, 0.05) is 40.9 Å². The summed E-state index contributed by atoms with van der Waals surface area (Å²) in [5.74, 6) is 2.95. The van der Waals surface area contributed by atoms with Crippen molar-refractivity contribution in [3.8, 4) is 0 Å². The average molecular weight is 358 g/mol. The molecular weight excluding hydrogens is 338 g/mol. The Labute approximate surface area is 149 Å².